The molecule has 0 spiro atoms. The zero-order chi connectivity index (χ0) is 17.4. The maximum atomic E-state index is 13.6. The van der Waals surface area contributed by atoms with Gasteiger partial charge in [0.25, 0.3) is 5.91 Å². The average molecular weight is 330 g/mol. The van der Waals surface area contributed by atoms with Crippen LogP contribution < -0.4 is 10.6 Å². The Morgan fingerprint density at radius 3 is 2.75 bits per heavy atom. The molecule has 1 amide bonds. The first-order valence-electron chi connectivity index (χ1n) is 7.92. The van der Waals surface area contributed by atoms with Crippen molar-refractivity contribution < 1.29 is 9.18 Å². The lowest BCUT2D eigenvalue weighted by Crippen LogP contribution is -2.31. The molecule has 0 atom stereocenters. The predicted octanol–water partition coefficient (Wildman–Crippen LogP) is 2.17. The SMILES string of the molecule is CN(C)CCNC(=O)c1ccnc(NCCc2ccccc2F)c1. The van der Waals surface area contributed by atoms with Crippen molar-refractivity contribution in [1.29, 1.82) is 0 Å². The summed E-state index contributed by atoms with van der Waals surface area (Å²) in [6.45, 7) is 1.91. The van der Waals surface area contributed by atoms with Crippen LogP contribution in [0.3, 0.4) is 0 Å². The summed E-state index contributed by atoms with van der Waals surface area (Å²) in [6, 6.07) is 10.1. The molecular formula is C18H23FN4O. The summed E-state index contributed by atoms with van der Waals surface area (Å²) in [5.41, 5.74) is 1.21. The minimum absolute atomic E-state index is 0.128. The fourth-order valence-electron chi connectivity index (χ4n) is 2.19. The van der Waals surface area contributed by atoms with Crippen LogP contribution in [0.1, 0.15) is 15.9 Å². The summed E-state index contributed by atoms with van der Waals surface area (Å²) in [7, 11) is 3.91. The van der Waals surface area contributed by atoms with Gasteiger partial charge in [0.1, 0.15) is 11.6 Å². The summed E-state index contributed by atoms with van der Waals surface area (Å²) < 4.78 is 13.6. The quantitative estimate of drug-likeness (QED) is 0.779. The van der Waals surface area contributed by atoms with Gasteiger partial charge in [-0.05, 0) is 44.3 Å². The molecule has 128 valence electrons. The number of likely N-dealkylation sites (N-methyl/N-ethyl adjacent to an activating group) is 1. The largest absolute Gasteiger partial charge is 0.370 e. The first-order valence-corrected chi connectivity index (χ1v) is 7.92. The lowest BCUT2D eigenvalue weighted by Gasteiger charge is -2.11. The van der Waals surface area contributed by atoms with E-state index in [1.807, 2.05) is 25.1 Å². The van der Waals surface area contributed by atoms with Crippen molar-refractivity contribution in [2.24, 2.45) is 0 Å². The van der Waals surface area contributed by atoms with E-state index in [4.69, 9.17) is 0 Å². The van der Waals surface area contributed by atoms with Gasteiger partial charge in [-0.25, -0.2) is 9.37 Å². The second kappa shape index (κ2) is 8.98. The molecule has 0 aliphatic heterocycles. The molecule has 24 heavy (non-hydrogen) atoms. The fourth-order valence-corrected chi connectivity index (χ4v) is 2.19. The van der Waals surface area contributed by atoms with Gasteiger partial charge in [-0.15, -0.1) is 0 Å². The molecule has 0 radical (unpaired) electrons. The van der Waals surface area contributed by atoms with Gasteiger partial charge in [-0.2, -0.15) is 0 Å². The van der Waals surface area contributed by atoms with Crippen molar-refractivity contribution in [2.45, 2.75) is 6.42 Å². The van der Waals surface area contributed by atoms with Crippen LogP contribution in [0.2, 0.25) is 0 Å². The van der Waals surface area contributed by atoms with Gasteiger partial charge in [0.05, 0.1) is 0 Å². The van der Waals surface area contributed by atoms with Crippen LogP contribution in [0.4, 0.5) is 10.2 Å². The Morgan fingerprint density at radius 1 is 1.21 bits per heavy atom. The molecule has 2 N–H and O–H groups in total. The molecule has 0 aliphatic rings. The third-order valence-electron chi connectivity index (χ3n) is 3.52. The first kappa shape index (κ1) is 17.9. The molecule has 1 aromatic heterocycles. The van der Waals surface area contributed by atoms with Crippen molar-refractivity contribution in [3.8, 4) is 0 Å². The van der Waals surface area contributed by atoms with Crippen LogP contribution in [0.5, 0.6) is 0 Å². The standard InChI is InChI=1S/C18H23FN4O/c1-23(2)12-11-22-18(24)15-8-10-21-17(13-15)20-9-7-14-5-3-4-6-16(14)19/h3-6,8,10,13H,7,9,11-12H2,1-2H3,(H,20,21)(H,22,24). The Kier molecular flexibility index (Phi) is 6.69. The van der Waals surface area contributed by atoms with Crippen LogP contribution in [0, 0.1) is 5.82 Å². The van der Waals surface area contributed by atoms with Crippen molar-refractivity contribution in [3.05, 3.63) is 59.5 Å². The lowest BCUT2D eigenvalue weighted by atomic mass is 10.1. The van der Waals surface area contributed by atoms with Gasteiger partial charge in [-0.1, -0.05) is 18.2 Å². The number of aromatic nitrogens is 1. The molecule has 0 unspecified atom stereocenters. The molecular weight excluding hydrogens is 307 g/mol. The molecule has 0 fully saturated rings. The van der Waals surface area contributed by atoms with Gasteiger partial charge in [0.15, 0.2) is 0 Å². The molecule has 2 aromatic rings. The van der Waals surface area contributed by atoms with Crippen LogP contribution in [-0.4, -0.2) is 49.5 Å². The van der Waals surface area contributed by atoms with E-state index in [1.54, 1.807) is 30.5 Å². The average Bonchev–Trinajstić information content (AvgIpc) is 2.56. The van der Waals surface area contributed by atoms with Crippen molar-refractivity contribution in [1.82, 2.24) is 15.2 Å². The molecule has 1 aromatic carbocycles. The zero-order valence-corrected chi connectivity index (χ0v) is 14.1. The number of hydrogen-bond acceptors (Lipinski definition) is 4. The van der Waals surface area contributed by atoms with Gasteiger partial charge < -0.3 is 15.5 Å². The number of rotatable bonds is 8. The second-order valence-electron chi connectivity index (χ2n) is 5.76. The zero-order valence-electron chi connectivity index (χ0n) is 14.1. The Balaban J connectivity index is 1.86. The molecule has 2 rings (SSSR count). The van der Waals surface area contributed by atoms with Crippen LogP contribution in [-0.2, 0) is 6.42 Å². The number of nitrogens with one attached hydrogen (secondary N) is 2. The van der Waals surface area contributed by atoms with E-state index < -0.39 is 0 Å². The number of carbonyl (C=O) groups excluding carboxylic acids is 1. The third kappa shape index (κ3) is 5.62. The van der Waals surface area contributed by atoms with E-state index in [0.29, 0.717) is 36.5 Å². The predicted molar refractivity (Wildman–Crippen MR) is 93.7 cm³/mol. The third-order valence-corrected chi connectivity index (χ3v) is 3.52. The van der Waals surface area contributed by atoms with E-state index in [0.717, 1.165) is 6.54 Å². The summed E-state index contributed by atoms with van der Waals surface area (Å²) in [5.74, 6) is 0.268. The Hall–Kier alpha value is -2.47. The van der Waals surface area contributed by atoms with E-state index in [2.05, 4.69) is 15.6 Å². The lowest BCUT2D eigenvalue weighted by molar-refractivity contribution is 0.0951. The number of carbonyl (C=O) groups is 1. The van der Waals surface area contributed by atoms with Gasteiger partial charge in [0, 0.05) is 31.4 Å². The molecule has 1 heterocycles. The normalized spacial score (nSPS) is 10.7. The maximum absolute atomic E-state index is 13.6. The minimum atomic E-state index is -0.207. The Labute approximate surface area is 141 Å². The Bertz CT molecular complexity index is 676. The topological polar surface area (TPSA) is 57.3 Å². The fraction of sp³-hybridized carbons (Fsp3) is 0.333. The highest BCUT2D eigenvalue weighted by Crippen LogP contribution is 2.09. The Morgan fingerprint density at radius 2 is 2.00 bits per heavy atom. The van der Waals surface area contributed by atoms with Crippen molar-refractivity contribution in [2.75, 3.05) is 39.0 Å². The number of hydrogen-bond donors (Lipinski definition) is 2. The minimum Gasteiger partial charge on any atom is -0.370 e. The van der Waals surface area contributed by atoms with Crippen LogP contribution in [0.25, 0.3) is 0 Å². The summed E-state index contributed by atoms with van der Waals surface area (Å²) >= 11 is 0. The van der Waals surface area contributed by atoms with E-state index >= 15 is 0 Å². The van der Waals surface area contributed by atoms with Gasteiger partial charge in [0.2, 0.25) is 0 Å². The van der Waals surface area contributed by atoms with Gasteiger partial charge >= 0.3 is 0 Å². The number of anilines is 1. The highest BCUT2D eigenvalue weighted by Gasteiger charge is 2.07. The number of halogens is 1. The highest BCUT2D eigenvalue weighted by atomic mass is 19.1. The van der Waals surface area contributed by atoms with Crippen LogP contribution >= 0.6 is 0 Å². The van der Waals surface area contributed by atoms with E-state index in [9.17, 15) is 9.18 Å². The number of amides is 1. The summed E-state index contributed by atoms with van der Waals surface area (Å²) in [6.07, 6.45) is 2.14. The second-order valence-corrected chi connectivity index (χ2v) is 5.76. The molecule has 0 saturated heterocycles. The maximum Gasteiger partial charge on any atom is 0.251 e. The van der Waals surface area contributed by atoms with Crippen LogP contribution in [0.15, 0.2) is 42.6 Å². The molecule has 5 nitrogen and oxygen atoms in total. The smallest absolute Gasteiger partial charge is 0.251 e. The number of nitrogens with zero attached hydrogens (tertiary/aromatic N) is 2. The van der Waals surface area contributed by atoms with E-state index in [-0.39, 0.29) is 11.7 Å². The monoisotopic (exact) mass is 330 g/mol. The molecule has 6 heteroatoms. The van der Waals surface area contributed by atoms with Crippen molar-refractivity contribution in [3.63, 3.8) is 0 Å². The van der Waals surface area contributed by atoms with Crippen molar-refractivity contribution >= 4 is 11.7 Å². The first-order chi connectivity index (χ1) is 11.6. The molecule has 0 saturated carbocycles. The number of benzene rings is 1. The number of pyridine rings is 1. The highest BCUT2D eigenvalue weighted by molar-refractivity contribution is 5.94. The summed E-state index contributed by atoms with van der Waals surface area (Å²) in [5, 5.41) is 5.99. The van der Waals surface area contributed by atoms with E-state index in [1.165, 1.54) is 6.07 Å². The van der Waals surface area contributed by atoms with Gasteiger partial charge in [-0.3, -0.25) is 4.79 Å². The molecule has 0 bridgehead atoms. The summed E-state index contributed by atoms with van der Waals surface area (Å²) in [4.78, 5) is 18.3. The molecule has 0 aliphatic carbocycles.